The molecule has 1 aromatic rings. The molecule has 0 spiro atoms. The highest BCUT2D eigenvalue weighted by atomic mass is 79.9. The highest BCUT2D eigenvalue weighted by Gasteiger charge is 2.01. The van der Waals surface area contributed by atoms with Gasteiger partial charge in [0, 0.05) is 6.07 Å². The lowest BCUT2D eigenvalue weighted by Crippen LogP contribution is -1.94. The molecule has 1 nitrogen and oxygen atoms in total. The van der Waals surface area contributed by atoms with E-state index >= 15 is 0 Å². The van der Waals surface area contributed by atoms with E-state index in [9.17, 15) is 4.39 Å². The molecule has 12 heavy (non-hydrogen) atoms. The van der Waals surface area contributed by atoms with Gasteiger partial charge >= 0.3 is 0 Å². The highest BCUT2D eigenvalue weighted by Crippen LogP contribution is 2.24. The number of ether oxygens (including phenoxy) is 1. The van der Waals surface area contributed by atoms with E-state index in [0.717, 1.165) is 0 Å². The van der Waals surface area contributed by atoms with Crippen LogP contribution < -0.4 is 4.74 Å². The van der Waals surface area contributed by atoms with Gasteiger partial charge in [-0.2, -0.15) is 0 Å². The molecule has 0 atom stereocenters. The van der Waals surface area contributed by atoms with Crippen molar-refractivity contribution >= 4 is 15.9 Å². The Hall–Kier alpha value is -1.01. The monoisotopic (exact) mass is 227 g/mol. The van der Waals surface area contributed by atoms with Crippen molar-refractivity contribution in [3.63, 3.8) is 0 Å². The molecule has 3 heteroatoms. The van der Waals surface area contributed by atoms with Gasteiger partial charge in [-0.05, 0) is 28.1 Å². The summed E-state index contributed by atoms with van der Waals surface area (Å²) in [6, 6.07) is 5.03. The summed E-state index contributed by atoms with van der Waals surface area (Å²) in [5.74, 6) is 2.37. The van der Waals surface area contributed by atoms with E-state index in [0.29, 0.717) is 10.2 Å². The maximum atomic E-state index is 12.5. The average Bonchev–Trinajstić information content (AvgIpc) is 2.03. The second-order valence-electron chi connectivity index (χ2n) is 1.99. The lowest BCUT2D eigenvalue weighted by molar-refractivity contribution is 0.367. The smallest absolute Gasteiger partial charge is 0.148 e. The molecule has 0 fully saturated rings. The van der Waals surface area contributed by atoms with Gasteiger partial charge < -0.3 is 4.74 Å². The fourth-order valence-electron chi connectivity index (χ4n) is 0.658. The number of benzene rings is 1. The van der Waals surface area contributed by atoms with Crippen molar-refractivity contribution in [3.05, 3.63) is 28.5 Å². The molecule has 1 radical (unpaired) electrons. The third kappa shape index (κ3) is 2.24. The van der Waals surface area contributed by atoms with Crippen LogP contribution in [0.25, 0.3) is 0 Å². The van der Waals surface area contributed by atoms with Crippen molar-refractivity contribution in [2.24, 2.45) is 0 Å². The first kappa shape index (κ1) is 9.08. The van der Waals surface area contributed by atoms with Gasteiger partial charge in [0.15, 0.2) is 0 Å². The standard InChI is InChI=1S/C9H5BrFO/c1-2-5-12-9-4-3-7(11)6-8(9)10/h1,4,6H,5H2. The van der Waals surface area contributed by atoms with E-state index in [1.54, 1.807) is 0 Å². The van der Waals surface area contributed by atoms with Gasteiger partial charge in [0.1, 0.15) is 18.2 Å². The second-order valence-corrected chi connectivity index (χ2v) is 2.84. The summed E-state index contributed by atoms with van der Waals surface area (Å²) in [5, 5.41) is 0. The van der Waals surface area contributed by atoms with E-state index in [1.807, 2.05) is 0 Å². The van der Waals surface area contributed by atoms with Gasteiger partial charge in [0.2, 0.25) is 0 Å². The number of rotatable bonds is 2. The van der Waals surface area contributed by atoms with Crippen molar-refractivity contribution in [2.45, 2.75) is 0 Å². The quantitative estimate of drug-likeness (QED) is 0.706. The minimum Gasteiger partial charge on any atom is -0.480 e. The molecule has 61 valence electrons. The number of halogens is 2. The van der Waals surface area contributed by atoms with Crippen LogP contribution in [0.2, 0.25) is 0 Å². The third-order valence-corrected chi connectivity index (χ3v) is 1.76. The van der Waals surface area contributed by atoms with Gasteiger partial charge in [-0.3, -0.25) is 0 Å². The Bertz CT molecular complexity index is 317. The lowest BCUT2D eigenvalue weighted by atomic mass is 10.3. The first-order chi connectivity index (χ1) is 5.74. The zero-order valence-corrected chi connectivity index (χ0v) is 7.69. The Kier molecular flexibility index (Phi) is 3.12. The van der Waals surface area contributed by atoms with Crippen molar-refractivity contribution in [1.82, 2.24) is 0 Å². The first-order valence-corrected chi connectivity index (χ1v) is 3.96. The molecule has 0 N–H and O–H groups in total. The summed E-state index contributed by atoms with van der Waals surface area (Å²) >= 11 is 3.12. The molecule has 0 bridgehead atoms. The Labute approximate surface area is 78.7 Å². The fourth-order valence-corrected chi connectivity index (χ4v) is 1.09. The molecule has 1 rings (SSSR count). The van der Waals surface area contributed by atoms with Crippen LogP contribution in [-0.2, 0) is 0 Å². The number of hydrogen-bond acceptors (Lipinski definition) is 1. The molecule has 1 aromatic carbocycles. The van der Waals surface area contributed by atoms with Crippen LogP contribution in [-0.4, -0.2) is 6.61 Å². The molecule has 0 saturated heterocycles. The fraction of sp³-hybridized carbons (Fsp3) is 0.111. The van der Waals surface area contributed by atoms with Crippen LogP contribution in [0, 0.1) is 24.2 Å². The van der Waals surface area contributed by atoms with E-state index < -0.39 is 5.82 Å². The molecule has 0 aliphatic heterocycles. The van der Waals surface area contributed by atoms with Gasteiger partial charge in [0.25, 0.3) is 0 Å². The van der Waals surface area contributed by atoms with Gasteiger partial charge in [-0.25, -0.2) is 4.39 Å². The van der Waals surface area contributed by atoms with E-state index in [1.165, 1.54) is 12.1 Å². The number of hydrogen-bond donors (Lipinski definition) is 0. The minimum atomic E-state index is -0.435. The van der Waals surface area contributed by atoms with E-state index in [4.69, 9.17) is 11.2 Å². The minimum absolute atomic E-state index is 0.165. The maximum absolute atomic E-state index is 12.5. The molecular weight excluding hydrogens is 223 g/mol. The predicted molar refractivity (Wildman–Crippen MR) is 47.3 cm³/mol. The van der Waals surface area contributed by atoms with E-state index in [-0.39, 0.29) is 6.61 Å². The summed E-state index contributed by atoms with van der Waals surface area (Å²) in [7, 11) is 0. The molecule has 0 aliphatic rings. The van der Waals surface area contributed by atoms with Crippen molar-refractivity contribution < 1.29 is 9.13 Å². The van der Waals surface area contributed by atoms with E-state index in [2.05, 4.69) is 27.9 Å². The van der Waals surface area contributed by atoms with Gasteiger partial charge in [0.05, 0.1) is 4.47 Å². The van der Waals surface area contributed by atoms with Crippen molar-refractivity contribution in [2.75, 3.05) is 6.61 Å². The lowest BCUT2D eigenvalue weighted by Gasteiger charge is -2.03. The zero-order valence-electron chi connectivity index (χ0n) is 6.10. The zero-order chi connectivity index (χ0) is 8.97. The van der Waals surface area contributed by atoms with Crippen LogP contribution >= 0.6 is 15.9 Å². The van der Waals surface area contributed by atoms with Gasteiger partial charge in [-0.1, -0.05) is 5.92 Å². The molecule has 0 aromatic heterocycles. The average molecular weight is 228 g/mol. The molecule has 0 aliphatic carbocycles. The van der Waals surface area contributed by atoms with Crippen LogP contribution in [0.3, 0.4) is 0 Å². The number of terminal acetylenes is 1. The molecule has 0 heterocycles. The Morgan fingerprint density at radius 2 is 2.50 bits per heavy atom. The highest BCUT2D eigenvalue weighted by molar-refractivity contribution is 9.10. The van der Waals surface area contributed by atoms with Crippen LogP contribution in [0.1, 0.15) is 0 Å². The second kappa shape index (κ2) is 4.13. The summed E-state index contributed by atoms with van der Waals surface area (Å²) in [5.41, 5.74) is 0. The van der Waals surface area contributed by atoms with Crippen LogP contribution in [0.4, 0.5) is 4.39 Å². The molecule has 0 amide bonds. The first-order valence-electron chi connectivity index (χ1n) is 3.17. The summed E-state index contributed by atoms with van der Waals surface area (Å²) in [6.07, 6.45) is 4.98. The molecule has 0 unspecified atom stereocenters. The summed E-state index contributed by atoms with van der Waals surface area (Å²) in [6.45, 7) is 0.165. The van der Waals surface area contributed by atoms with Crippen molar-refractivity contribution in [1.29, 1.82) is 0 Å². The van der Waals surface area contributed by atoms with Crippen LogP contribution in [0.5, 0.6) is 5.75 Å². The molecule has 0 saturated carbocycles. The summed E-state index contributed by atoms with van der Waals surface area (Å²) in [4.78, 5) is 0. The summed E-state index contributed by atoms with van der Waals surface area (Å²) < 4.78 is 18.1. The maximum Gasteiger partial charge on any atom is 0.148 e. The SMILES string of the molecule is C#CCOc1c[c]c(F)cc1Br. The Balaban J connectivity index is 2.81. The van der Waals surface area contributed by atoms with Gasteiger partial charge in [-0.15, -0.1) is 6.42 Å². The normalized spacial score (nSPS) is 9.08. The Morgan fingerprint density at radius 3 is 3.08 bits per heavy atom. The van der Waals surface area contributed by atoms with Crippen LogP contribution in [0.15, 0.2) is 16.6 Å². The Morgan fingerprint density at radius 1 is 1.75 bits per heavy atom. The van der Waals surface area contributed by atoms with Crippen molar-refractivity contribution in [3.8, 4) is 18.1 Å². The predicted octanol–water partition coefficient (Wildman–Crippen LogP) is 2.40. The topological polar surface area (TPSA) is 9.23 Å². The largest absolute Gasteiger partial charge is 0.480 e. The molecular formula is C9H5BrFO. The third-order valence-electron chi connectivity index (χ3n) is 1.14.